The zero-order valence-corrected chi connectivity index (χ0v) is 17.1. The van der Waals surface area contributed by atoms with Gasteiger partial charge >= 0.3 is 15.6 Å². The van der Waals surface area contributed by atoms with Gasteiger partial charge in [-0.2, -0.15) is 21.6 Å². The fourth-order valence-electron chi connectivity index (χ4n) is 2.01. The lowest BCUT2D eigenvalue weighted by molar-refractivity contribution is -0.0528. The Balaban J connectivity index is 3.10. The van der Waals surface area contributed by atoms with Gasteiger partial charge in [0.15, 0.2) is 8.32 Å². The van der Waals surface area contributed by atoms with E-state index in [1.807, 2.05) is 26.9 Å². The van der Waals surface area contributed by atoms with Crippen LogP contribution in [0.3, 0.4) is 0 Å². The first-order valence-corrected chi connectivity index (χ1v) is 12.1. The lowest BCUT2D eigenvalue weighted by atomic mass is 9.78. The van der Waals surface area contributed by atoms with Crippen LogP contribution in [0.2, 0.25) is 18.1 Å². The van der Waals surface area contributed by atoms with Gasteiger partial charge in [0.1, 0.15) is 5.76 Å². The number of hydrogen-bond acceptors (Lipinski definition) is 4. The lowest BCUT2D eigenvalue weighted by Gasteiger charge is -2.45. The molecule has 0 unspecified atom stereocenters. The van der Waals surface area contributed by atoms with Crippen LogP contribution in [-0.2, 0) is 18.7 Å². The van der Waals surface area contributed by atoms with Gasteiger partial charge in [-0.3, -0.25) is 0 Å². The molecule has 0 radical (unpaired) electrons. The summed E-state index contributed by atoms with van der Waals surface area (Å²) in [7, 11) is -7.82. The molecule has 9 heteroatoms. The van der Waals surface area contributed by atoms with E-state index in [0.717, 1.165) is 0 Å². The van der Waals surface area contributed by atoms with E-state index < -0.39 is 30.0 Å². The van der Waals surface area contributed by atoms with Crippen molar-refractivity contribution in [2.75, 3.05) is 0 Å². The third-order valence-electron chi connectivity index (χ3n) is 4.85. The quantitative estimate of drug-likeness (QED) is 0.389. The van der Waals surface area contributed by atoms with Crippen LogP contribution < -0.4 is 0 Å². The molecule has 0 amide bonds. The summed E-state index contributed by atoms with van der Waals surface area (Å²) in [6.45, 7) is 14.2. The maximum Gasteiger partial charge on any atom is 0.534 e. The van der Waals surface area contributed by atoms with Crippen LogP contribution in [0.25, 0.3) is 0 Å². The minimum Gasteiger partial charge on any atom is -0.410 e. The Hall–Kier alpha value is -0.543. The normalized spacial score (nSPS) is 22.9. The van der Waals surface area contributed by atoms with Gasteiger partial charge in [-0.15, -0.1) is 0 Å². The predicted molar refractivity (Wildman–Crippen MR) is 89.2 cm³/mol. The SMILES string of the molecule is CC1(C)CCC(OS(=O)(=O)C(F)(F)F)=C[C@H]1O[Si](C)(C)C(C)(C)C. The molecule has 0 spiro atoms. The maximum atomic E-state index is 12.5. The van der Waals surface area contributed by atoms with Crippen LogP contribution in [0.4, 0.5) is 13.2 Å². The summed E-state index contributed by atoms with van der Waals surface area (Å²) < 4.78 is 70.5. The minimum absolute atomic E-state index is 0.0760. The third-order valence-corrected chi connectivity index (χ3v) is 10.3. The molecule has 0 N–H and O–H groups in total. The Bertz CT molecular complexity index is 601. The summed E-state index contributed by atoms with van der Waals surface area (Å²) in [6, 6.07) is 0. The van der Waals surface area contributed by atoms with Crippen molar-refractivity contribution < 1.29 is 30.2 Å². The molecule has 0 aromatic rings. The van der Waals surface area contributed by atoms with E-state index in [2.05, 4.69) is 25.0 Å². The highest BCUT2D eigenvalue weighted by molar-refractivity contribution is 7.87. The van der Waals surface area contributed by atoms with E-state index in [1.54, 1.807) is 0 Å². The van der Waals surface area contributed by atoms with Gasteiger partial charge in [0.05, 0.1) is 6.10 Å². The second kappa shape index (κ2) is 6.32. The number of rotatable bonds is 4. The second-order valence-corrected chi connectivity index (χ2v) is 14.7. The van der Waals surface area contributed by atoms with Gasteiger partial charge in [0.2, 0.25) is 0 Å². The number of hydrogen-bond donors (Lipinski definition) is 0. The molecule has 24 heavy (non-hydrogen) atoms. The average molecular weight is 389 g/mol. The molecule has 0 fully saturated rings. The molecule has 0 saturated heterocycles. The van der Waals surface area contributed by atoms with E-state index in [1.165, 1.54) is 6.08 Å². The van der Waals surface area contributed by atoms with E-state index in [4.69, 9.17) is 4.43 Å². The van der Waals surface area contributed by atoms with Crippen molar-refractivity contribution in [1.82, 2.24) is 0 Å². The van der Waals surface area contributed by atoms with Gasteiger partial charge in [-0.05, 0) is 36.0 Å². The summed E-state index contributed by atoms with van der Waals surface area (Å²) in [5.41, 5.74) is -5.75. The van der Waals surface area contributed by atoms with Crippen LogP contribution in [0.15, 0.2) is 11.8 Å². The van der Waals surface area contributed by atoms with Crippen LogP contribution in [-0.4, -0.2) is 28.3 Å². The molecule has 0 aliphatic heterocycles. The first-order chi connectivity index (χ1) is 10.4. The number of allylic oxidation sites excluding steroid dienone is 1. The van der Waals surface area contributed by atoms with E-state index in [-0.39, 0.29) is 22.6 Å². The summed E-state index contributed by atoms with van der Waals surface area (Å²) >= 11 is 0. The van der Waals surface area contributed by atoms with Crippen molar-refractivity contribution >= 4 is 18.4 Å². The Kier molecular flexibility index (Phi) is 5.66. The lowest BCUT2D eigenvalue weighted by Crippen LogP contribution is -2.48. The Labute approximate surface area is 143 Å². The summed E-state index contributed by atoms with van der Waals surface area (Å²) in [6.07, 6.45) is 1.50. The van der Waals surface area contributed by atoms with Crippen molar-refractivity contribution in [3.63, 3.8) is 0 Å². The Morgan fingerprint density at radius 2 is 1.71 bits per heavy atom. The van der Waals surface area contributed by atoms with Gasteiger partial charge in [-0.1, -0.05) is 34.6 Å². The van der Waals surface area contributed by atoms with Crippen molar-refractivity contribution in [1.29, 1.82) is 0 Å². The van der Waals surface area contributed by atoms with Crippen LogP contribution in [0, 0.1) is 5.41 Å². The molecular weight excluding hydrogens is 361 g/mol. The van der Waals surface area contributed by atoms with Gasteiger partial charge in [-0.25, -0.2) is 0 Å². The highest BCUT2D eigenvalue weighted by Gasteiger charge is 2.50. The average Bonchev–Trinajstić information content (AvgIpc) is 2.30. The molecule has 0 aromatic carbocycles. The molecule has 142 valence electrons. The van der Waals surface area contributed by atoms with Crippen LogP contribution in [0.1, 0.15) is 47.5 Å². The zero-order valence-electron chi connectivity index (χ0n) is 15.2. The topological polar surface area (TPSA) is 52.6 Å². The fourth-order valence-corrected chi connectivity index (χ4v) is 3.90. The third kappa shape index (κ3) is 4.75. The highest BCUT2D eigenvalue weighted by Crippen LogP contribution is 2.44. The predicted octanol–water partition coefficient (Wildman–Crippen LogP) is 4.95. The van der Waals surface area contributed by atoms with Crippen molar-refractivity contribution in [2.45, 2.75) is 77.2 Å². The van der Waals surface area contributed by atoms with Gasteiger partial charge < -0.3 is 8.61 Å². The van der Waals surface area contributed by atoms with Crippen molar-refractivity contribution in [3.05, 3.63) is 11.8 Å². The monoisotopic (exact) mass is 388 g/mol. The summed E-state index contributed by atoms with van der Waals surface area (Å²) in [5, 5.41) is -0.0760. The van der Waals surface area contributed by atoms with Crippen LogP contribution in [0.5, 0.6) is 0 Å². The zero-order chi connectivity index (χ0) is 19.2. The van der Waals surface area contributed by atoms with E-state index in [9.17, 15) is 21.6 Å². The maximum absolute atomic E-state index is 12.5. The second-order valence-electron chi connectivity index (χ2n) is 8.40. The largest absolute Gasteiger partial charge is 0.534 e. The number of alkyl halides is 3. The van der Waals surface area contributed by atoms with Crippen molar-refractivity contribution in [3.8, 4) is 0 Å². The summed E-state index contributed by atoms with van der Waals surface area (Å²) in [5.74, 6) is -0.199. The molecule has 1 aliphatic rings. The molecule has 0 aromatic heterocycles. The molecule has 0 bridgehead atoms. The highest BCUT2D eigenvalue weighted by atomic mass is 32.2. The molecule has 1 atom stereocenters. The van der Waals surface area contributed by atoms with E-state index >= 15 is 0 Å². The van der Waals surface area contributed by atoms with E-state index in [0.29, 0.717) is 6.42 Å². The molecule has 1 aliphatic carbocycles. The first kappa shape index (κ1) is 21.5. The molecular formula is C15H27F3O4SSi. The Morgan fingerprint density at radius 1 is 1.21 bits per heavy atom. The minimum atomic E-state index is -5.64. The van der Waals surface area contributed by atoms with Gasteiger partial charge in [0.25, 0.3) is 0 Å². The molecule has 0 heterocycles. The summed E-state index contributed by atoms with van der Waals surface area (Å²) in [4.78, 5) is 0. The molecule has 0 saturated carbocycles. The standard InChI is InChI=1S/C15H27F3O4SSi/c1-13(2,3)24(6,7)22-12-10-11(8-9-14(12,4)5)21-23(19,20)15(16,17)18/h10,12H,8-9H2,1-7H3/t12-/m1/s1. The van der Waals surface area contributed by atoms with Gasteiger partial charge in [0, 0.05) is 6.42 Å². The molecule has 4 nitrogen and oxygen atoms in total. The smallest absolute Gasteiger partial charge is 0.410 e. The Morgan fingerprint density at radius 3 is 2.12 bits per heavy atom. The first-order valence-electron chi connectivity index (χ1n) is 7.78. The van der Waals surface area contributed by atoms with Crippen LogP contribution >= 0.6 is 0 Å². The fraction of sp³-hybridized carbons (Fsp3) is 0.867. The van der Waals surface area contributed by atoms with Crippen molar-refractivity contribution in [2.24, 2.45) is 5.41 Å². The number of halogens is 3. The molecule has 1 rings (SSSR count).